The molecule has 0 aliphatic rings. The van der Waals surface area contributed by atoms with E-state index in [4.69, 9.17) is 9.52 Å². The highest BCUT2D eigenvalue weighted by Crippen LogP contribution is 2.19. The highest BCUT2D eigenvalue weighted by molar-refractivity contribution is 7.89. The van der Waals surface area contributed by atoms with Crippen LogP contribution in [0.5, 0.6) is 0 Å². The van der Waals surface area contributed by atoms with Crippen molar-refractivity contribution in [2.24, 2.45) is 0 Å². The zero-order valence-corrected chi connectivity index (χ0v) is 11.4. The van der Waals surface area contributed by atoms with Crippen molar-refractivity contribution in [1.82, 2.24) is 14.7 Å². The van der Waals surface area contributed by atoms with Crippen LogP contribution in [0.25, 0.3) is 0 Å². The lowest BCUT2D eigenvalue weighted by Crippen LogP contribution is -2.26. The summed E-state index contributed by atoms with van der Waals surface area (Å²) in [5, 5.41) is 8.77. The number of nitrogens with one attached hydrogen (secondary N) is 2. The van der Waals surface area contributed by atoms with Crippen molar-refractivity contribution in [2.45, 2.75) is 18.2 Å². The summed E-state index contributed by atoms with van der Waals surface area (Å²) in [6.45, 7) is 1.56. The van der Waals surface area contributed by atoms with E-state index in [9.17, 15) is 13.2 Å². The minimum Gasteiger partial charge on any atom is -0.475 e. The van der Waals surface area contributed by atoms with Crippen molar-refractivity contribution in [2.75, 3.05) is 6.54 Å². The maximum absolute atomic E-state index is 12.0. The zero-order chi connectivity index (χ0) is 14.8. The molecule has 0 saturated heterocycles. The molecule has 0 aliphatic heterocycles. The lowest BCUT2D eigenvalue weighted by molar-refractivity contribution is 0.0661. The number of hydrogen-bond acceptors (Lipinski definition) is 5. The summed E-state index contributed by atoms with van der Waals surface area (Å²) < 4.78 is 31.3. The molecule has 3 N–H and O–H groups in total. The maximum Gasteiger partial charge on any atom is 0.371 e. The molecule has 0 bridgehead atoms. The van der Waals surface area contributed by atoms with Gasteiger partial charge in [-0.25, -0.2) is 22.9 Å². The van der Waals surface area contributed by atoms with Crippen LogP contribution < -0.4 is 4.72 Å². The number of aromatic nitrogens is 2. The van der Waals surface area contributed by atoms with E-state index in [1.54, 1.807) is 6.20 Å². The molecule has 0 aliphatic carbocycles. The Morgan fingerprint density at radius 3 is 2.85 bits per heavy atom. The summed E-state index contributed by atoms with van der Waals surface area (Å²) >= 11 is 0. The maximum atomic E-state index is 12.0. The van der Waals surface area contributed by atoms with Gasteiger partial charge in [0.05, 0.1) is 6.33 Å². The summed E-state index contributed by atoms with van der Waals surface area (Å²) in [7, 11) is -3.80. The van der Waals surface area contributed by atoms with E-state index in [0.717, 1.165) is 11.8 Å². The summed E-state index contributed by atoms with van der Waals surface area (Å²) in [5.41, 5.74) is 0.794. The standard InChI is InChI=1S/C11H13N3O5S/c1-7-10(4-9(19-7)11(15)16)20(17,18)14-3-2-8-5-12-6-13-8/h4-6,14H,2-3H2,1H3,(H,12,13)(H,15,16). The second kappa shape index (κ2) is 5.47. The molecule has 0 unspecified atom stereocenters. The van der Waals surface area contributed by atoms with E-state index in [2.05, 4.69) is 14.7 Å². The predicted molar refractivity (Wildman–Crippen MR) is 67.9 cm³/mol. The van der Waals surface area contributed by atoms with Crippen LogP contribution in [0.3, 0.4) is 0 Å². The van der Waals surface area contributed by atoms with Gasteiger partial charge in [-0.1, -0.05) is 0 Å². The number of hydrogen-bond donors (Lipinski definition) is 3. The number of aromatic amines is 1. The van der Waals surface area contributed by atoms with Gasteiger partial charge in [-0.3, -0.25) is 0 Å². The molecule has 0 radical (unpaired) electrons. The van der Waals surface area contributed by atoms with Crippen LogP contribution in [0, 0.1) is 6.92 Å². The van der Waals surface area contributed by atoms with Gasteiger partial charge in [0.25, 0.3) is 0 Å². The highest BCUT2D eigenvalue weighted by atomic mass is 32.2. The number of aromatic carboxylic acids is 1. The van der Waals surface area contributed by atoms with Crippen molar-refractivity contribution < 1.29 is 22.7 Å². The SMILES string of the molecule is Cc1oc(C(=O)O)cc1S(=O)(=O)NCCc1cnc[nH]1. The number of nitrogens with zero attached hydrogens (tertiary/aromatic N) is 1. The van der Waals surface area contributed by atoms with Gasteiger partial charge in [0, 0.05) is 30.9 Å². The Hall–Kier alpha value is -2.13. The lowest BCUT2D eigenvalue weighted by Gasteiger charge is -2.04. The molecule has 2 aromatic heterocycles. The zero-order valence-electron chi connectivity index (χ0n) is 10.6. The molecule has 0 spiro atoms. The molecule has 9 heteroatoms. The molecular formula is C11H13N3O5S. The van der Waals surface area contributed by atoms with Crippen LogP contribution in [0.2, 0.25) is 0 Å². The quantitative estimate of drug-likeness (QED) is 0.714. The summed E-state index contributed by atoms with van der Waals surface area (Å²) in [6.07, 6.45) is 3.55. The van der Waals surface area contributed by atoms with E-state index in [1.165, 1.54) is 13.3 Å². The van der Waals surface area contributed by atoms with Crippen LogP contribution >= 0.6 is 0 Å². The van der Waals surface area contributed by atoms with Crippen molar-refractivity contribution in [3.05, 3.63) is 35.8 Å². The molecule has 2 heterocycles. The number of H-pyrrole nitrogens is 1. The minimum absolute atomic E-state index is 0.0384. The molecule has 108 valence electrons. The summed E-state index contributed by atoms with van der Waals surface area (Å²) in [5.74, 6) is -1.68. The number of sulfonamides is 1. The molecule has 0 amide bonds. The Bertz CT molecular complexity index is 703. The van der Waals surface area contributed by atoms with E-state index in [-0.39, 0.29) is 17.2 Å². The Morgan fingerprint density at radius 2 is 2.30 bits per heavy atom. The number of rotatable bonds is 6. The first-order valence-corrected chi connectivity index (χ1v) is 7.19. The molecule has 0 aromatic carbocycles. The van der Waals surface area contributed by atoms with Crippen molar-refractivity contribution in [3.63, 3.8) is 0 Å². The molecule has 20 heavy (non-hydrogen) atoms. The third-order valence-electron chi connectivity index (χ3n) is 2.61. The van der Waals surface area contributed by atoms with Gasteiger partial charge in [-0.15, -0.1) is 0 Å². The van der Waals surface area contributed by atoms with Crippen LogP contribution in [-0.2, 0) is 16.4 Å². The summed E-state index contributed by atoms with van der Waals surface area (Å²) in [6, 6.07) is 0.996. The average Bonchev–Trinajstić information content (AvgIpc) is 2.98. The number of carbonyl (C=O) groups is 1. The van der Waals surface area contributed by atoms with Crippen molar-refractivity contribution in [3.8, 4) is 0 Å². The van der Waals surface area contributed by atoms with Crippen LogP contribution in [0.15, 0.2) is 27.9 Å². The molecule has 8 nitrogen and oxygen atoms in total. The van der Waals surface area contributed by atoms with Gasteiger partial charge >= 0.3 is 5.97 Å². The number of furan rings is 1. The normalized spacial score (nSPS) is 11.7. The first kappa shape index (κ1) is 14.3. The monoisotopic (exact) mass is 299 g/mol. The molecule has 2 aromatic rings. The van der Waals surface area contributed by atoms with Crippen LogP contribution in [0.4, 0.5) is 0 Å². The number of carboxylic acids is 1. The second-order valence-electron chi connectivity index (χ2n) is 4.06. The number of carboxylic acid groups (broad SMARTS) is 1. The fourth-order valence-electron chi connectivity index (χ4n) is 1.66. The number of imidazole rings is 1. The molecule has 0 atom stereocenters. The lowest BCUT2D eigenvalue weighted by atomic mass is 10.3. The first-order valence-electron chi connectivity index (χ1n) is 5.71. The fraction of sp³-hybridized carbons (Fsp3) is 0.273. The Morgan fingerprint density at radius 1 is 1.55 bits per heavy atom. The summed E-state index contributed by atoms with van der Waals surface area (Å²) in [4.78, 5) is 17.2. The smallest absolute Gasteiger partial charge is 0.371 e. The third-order valence-corrected chi connectivity index (χ3v) is 4.18. The molecular weight excluding hydrogens is 286 g/mol. The van der Waals surface area contributed by atoms with Gasteiger partial charge in [0.15, 0.2) is 0 Å². The average molecular weight is 299 g/mol. The molecule has 0 saturated carbocycles. The van der Waals surface area contributed by atoms with Gasteiger partial charge in [-0.2, -0.15) is 0 Å². The predicted octanol–water partition coefficient (Wildman–Crippen LogP) is 0.530. The van der Waals surface area contributed by atoms with E-state index in [1.807, 2.05) is 0 Å². The topological polar surface area (TPSA) is 125 Å². The van der Waals surface area contributed by atoms with Crippen molar-refractivity contribution >= 4 is 16.0 Å². The first-order chi connectivity index (χ1) is 9.40. The van der Waals surface area contributed by atoms with Crippen LogP contribution in [0.1, 0.15) is 22.0 Å². The highest BCUT2D eigenvalue weighted by Gasteiger charge is 2.23. The Labute approximate surface area is 114 Å². The van der Waals surface area contributed by atoms with E-state index < -0.39 is 21.8 Å². The number of aryl methyl sites for hydroxylation is 1. The van der Waals surface area contributed by atoms with E-state index in [0.29, 0.717) is 6.42 Å². The third kappa shape index (κ3) is 3.06. The second-order valence-corrected chi connectivity index (χ2v) is 5.80. The largest absolute Gasteiger partial charge is 0.475 e. The van der Waals surface area contributed by atoms with Crippen molar-refractivity contribution in [1.29, 1.82) is 0 Å². The van der Waals surface area contributed by atoms with Gasteiger partial charge in [0.2, 0.25) is 15.8 Å². The molecule has 0 fully saturated rings. The Balaban J connectivity index is 2.08. The minimum atomic E-state index is -3.80. The van der Waals surface area contributed by atoms with Gasteiger partial charge < -0.3 is 14.5 Å². The van der Waals surface area contributed by atoms with Gasteiger partial charge in [-0.05, 0) is 6.92 Å². The van der Waals surface area contributed by atoms with Gasteiger partial charge in [0.1, 0.15) is 10.7 Å². The molecule has 2 rings (SSSR count). The fourth-order valence-corrected chi connectivity index (χ4v) is 2.87. The Kier molecular flexibility index (Phi) is 3.91. The van der Waals surface area contributed by atoms with Crippen LogP contribution in [-0.4, -0.2) is 36.0 Å². The van der Waals surface area contributed by atoms with E-state index >= 15 is 0 Å².